The second-order valence-corrected chi connectivity index (χ2v) is 5.45. The van der Waals surface area contributed by atoms with Crippen LogP contribution in [0.3, 0.4) is 0 Å². The lowest BCUT2D eigenvalue weighted by Crippen LogP contribution is -2.12. The summed E-state index contributed by atoms with van der Waals surface area (Å²) in [5.74, 6) is 0.419. The number of nitrogens with zero attached hydrogens (tertiary/aromatic N) is 1. The van der Waals surface area contributed by atoms with Gasteiger partial charge in [0, 0.05) is 5.56 Å². The highest BCUT2D eigenvalue weighted by molar-refractivity contribution is 7.22. The number of carbonyl (C=O) groups is 1. The summed E-state index contributed by atoms with van der Waals surface area (Å²) < 4.78 is 6.11. The summed E-state index contributed by atoms with van der Waals surface area (Å²) in [5.41, 5.74) is 7.65. The van der Waals surface area contributed by atoms with Crippen molar-refractivity contribution in [3.63, 3.8) is 0 Å². The second kappa shape index (κ2) is 5.41. The number of fused-ring (bicyclic) bond motifs is 1. The summed E-state index contributed by atoms with van der Waals surface area (Å²) in [6, 6.07) is 12.6. The standard InChI is InChI=1S/C15H13N3O2S/c1-20-12-5-3-2-4-10(12)17-14(19)9-6-7-11-13(8-9)21-15(16)18-11/h2-8H,1H3,(H2,16,18)(H,17,19). The van der Waals surface area contributed by atoms with Gasteiger partial charge in [-0.2, -0.15) is 0 Å². The molecule has 5 nitrogen and oxygen atoms in total. The van der Waals surface area contributed by atoms with E-state index in [0.717, 1.165) is 10.2 Å². The molecule has 1 heterocycles. The average molecular weight is 299 g/mol. The maximum absolute atomic E-state index is 12.3. The van der Waals surface area contributed by atoms with Crippen molar-refractivity contribution in [1.82, 2.24) is 4.98 Å². The van der Waals surface area contributed by atoms with E-state index in [9.17, 15) is 4.79 Å². The van der Waals surface area contributed by atoms with Crippen LogP contribution in [0.15, 0.2) is 42.5 Å². The third kappa shape index (κ3) is 2.66. The van der Waals surface area contributed by atoms with Crippen molar-refractivity contribution in [2.45, 2.75) is 0 Å². The molecule has 0 spiro atoms. The van der Waals surface area contributed by atoms with Gasteiger partial charge in [-0.3, -0.25) is 4.79 Å². The number of anilines is 2. The molecule has 3 N–H and O–H groups in total. The lowest BCUT2D eigenvalue weighted by Gasteiger charge is -2.09. The number of para-hydroxylation sites is 2. The van der Waals surface area contributed by atoms with Crippen LogP contribution >= 0.6 is 11.3 Å². The number of nitrogens with one attached hydrogen (secondary N) is 1. The molecule has 0 saturated heterocycles. The normalized spacial score (nSPS) is 10.5. The highest BCUT2D eigenvalue weighted by Gasteiger charge is 2.11. The number of nitrogens with two attached hydrogens (primary N) is 1. The molecule has 6 heteroatoms. The van der Waals surface area contributed by atoms with Crippen LogP contribution in [0.2, 0.25) is 0 Å². The van der Waals surface area contributed by atoms with Gasteiger partial charge >= 0.3 is 0 Å². The highest BCUT2D eigenvalue weighted by atomic mass is 32.1. The van der Waals surface area contributed by atoms with Crippen LogP contribution in [0, 0.1) is 0 Å². The van der Waals surface area contributed by atoms with Crippen LogP contribution in [-0.2, 0) is 0 Å². The van der Waals surface area contributed by atoms with Gasteiger partial charge in [-0.15, -0.1) is 0 Å². The van der Waals surface area contributed by atoms with Gasteiger partial charge in [0.2, 0.25) is 0 Å². The predicted molar refractivity (Wildman–Crippen MR) is 85.0 cm³/mol. The zero-order valence-electron chi connectivity index (χ0n) is 11.3. The molecule has 1 aromatic heterocycles. The van der Waals surface area contributed by atoms with E-state index in [-0.39, 0.29) is 5.91 Å². The van der Waals surface area contributed by atoms with Crippen molar-refractivity contribution in [2.24, 2.45) is 0 Å². The summed E-state index contributed by atoms with van der Waals surface area (Å²) in [5, 5.41) is 3.33. The Labute approximate surface area is 125 Å². The van der Waals surface area contributed by atoms with Crippen LogP contribution in [0.1, 0.15) is 10.4 Å². The molecule has 1 amide bonds. The van der Waals surface area contributed by atoms with Gasteiger partial charge < -0.3 is 15.8 Å². The Balaban J connectivity index is 1.89. The number of rotatable bonds is 3. The van der Waals surface area contributed by atoms with Gasteiger partial charge in [0.1, 0.15) is 5.75 Å². The highest BCUT2D eigenvalue weighted by Crippen LogP contribution is 2.26. The van der Waals surface area contributed by atoms with Gasteiger partial charge in [-0.1, -0.05) is 23.5 Å². The largest absolute Gasteiger partial charge is 0.495 e. The summed E-state index contributed by atoms with van der Waals surface area (Å²) in [4.78, 5) is 16.5. The zero-order chi connectivity index (χ0) is 14.8. The lowest BCUT2D eigenvalue weighted by atomic mass is 10.2. The van der Waals surface area contributed by atoms with Crippen molar-refractivity contribution in [3.8, 4) is 5.75 Å². The third-order valence-corrected chi connectivity index (χ3v) is 3.87. The molecule has 106 valence electrons. The molecule has 0 fully saturated rings. The van der Waals surface area contributed by atoms with Crippen molar-refractivity contribution in [2.75, 3.05) is 18.2 Å². The minimum atomic E-state index is -0.201. The number of aromatic nitrogens is 1. The molecule has 2 aromatic carbocycles. The van der Waals surface area contributed by atoms with E-state index in [0.29, 0.717) is 22.1 Å². The first-order chi connectivity index (χ1) is 10.2. The zero-order valence-corrected chi connectivity index (χ0v) is 12.1. The molecule has 0 aliphatic rings. The van der Waals surface area contributed by atoms with E-state index in [2.05, 4.69) is 10.3 Å². The number of ether oxygens (including phenoxy) is 1. The Morgan fingerprint density at radius 3 is 2.90 bits per heavy atom. The third-order valence-electron chi connectivity index (χ3n) is 3.02. The lowest BCUT2D eigenvalue weighted by molar-refractivity contribution is 0.102. The summed E-state index contributed by atoms with van der Waals surface area (Å²) in [6.45, 7) is 0. The van der Waals surface area contributed by atoms with E-state index in [1.807, 2.05) is 12.1 Å². The van der Waals surface area contributed by atoms with Gasteiger partial charge in [-0.25, -0.2) is 4.98 Å². The van der Waals surface area contributed by atoms with Crippen molar-refractivity contribution in [3.05, 3.63) is 48.0 Å². The molecule has 0 aliphatic heterocycles. The first kappa shape index (κ1) is 13.4. The quantitative estimate of drug-likeness (QED) is 0.779. The number of nitrogen functional groups attached to an aromatic ring is 1. The molecule has 0 bridgehead atoms. The number of carbonyl (C=O) groups excluding carboxylic acids is 1. The van der Waals surface area contributed by atoms with Crippen LogP contribution in [-0.4, -0.2) is 18.0 Å². The average Bonchev–Trinajstić information content (AvgIpc) is 2.86. The van der Waals surface area contributed by atoms with E-state index >= 15 is 0 Å². The molecule has 3 aromatic rings. The van der Waals surface area contributed by atoms with E-state index < -0.39 is 0 Å². The number of hydrogen-bond donors (Lipinski definition) is 2. The number of hydrogen-bond acceptors (Lipinski definition) is 5. The van der Waals surface area contributed by atoms with Crippen LogP contribution in [0.4, 0.5) is 10.8 Å². The molecule has 3 rings (SSSR count). The Hall–Kier alpha value is -2.60. The first-order valence-electron chi connectivity index (χ1n) is 6.28. The maximum Gasteiger partial charge on any atom is 0.255 e. The number of benzene rings is 2. The fourth-order valence-electron chi connectivity index (χ4n) is 2.03. The van der Waals surface area contributed by atoms with E-state index in [1.165, 1.54) is 11.3 Å². The minimum Gasteiger partial charge on any atom is -0.495 e. The Morgan fingerprint density at radius 2 is 2.10 bits per heavy atom. The molecule has 0 atom stereocenters. The number of amides is 1. The minimum absolute atomic E-state index is 0.201. The molecule has 0 saturated carbocycles. The summed E-state index contributed by atoms with van der Waals surface area (Å²) >= 11 is 1.36. The smallest absolute Gasteiger partial charge is 0.255 e. The molecular weight excluding hydrogens is 286 g/mol. The molecular formula is C15H13N3O2S. The van der Waals surface area contributed by atoms with Gasteiger partial charge in [0.25, 0.3) is 5.91 Å². The fraction of sp³-hybridized carbons (Fsp3) is 0.0667. The molecule has 21 heavy (non-hydrogen) atoms. The van der Waals surface area contributed by atoms with Crippen molar-refractivity contribution in [1.29, 1.82) is 0 Å². The summed E-state index contributed by atoms with van der Waals surface area (Å²) in [6.07, 6.45) is 0. The van der Waals surface area contributed by atoms with Crippen molar-refractivity contribution < 1.29 is 9.53 Å². The van der Waals surface area contributed by atoms with Crippen LogP contribution < -0.4 is 15.8 Å². The van der Waals surface area contributed by atoms with Gasteiger partial charge in [0.15, 0.2) is 5.13 Å². The molecule has 0 radical (unpaired) electrons. The second-order valence-electron chi connectivity index (χ2n) is 4.39. The molecule has 0 unspecified atom stereocenters. The van der Waals surface area contributed by atoms with Crippen LogP contribution in [0.5, 0.6) is 5.75 Å². The monoisotopic (exact) mass is 299 g/mol. The maximum atomic E-state index is 12.3. The van der Waals surface area contributed by atoms with Gasteiger partial charge in [0.05, 0.1) is 23.0 Å². The van der Waals surface area contributed by atoms with Crippen LogP contribution in [0.25, 0.3) is 10.2 Å². The van der Waals surface area contributed by atoms with Gasteiger partial charge in [-0.05, 0) is 30.3 Å². The topological polar surface area (TPSA) is 77.2 Å². The molecule has 0 aliphatic carbocycles. The Bertz CT molecular complexity index is 814. The Kier molecular flexibility index (Phi) is 3.45. The summed E-state index contributed by atoms with van der Waals surface area (Å²) in [7, 11) is 1.57. The van der Waals surface area contributed by atoms with E-state index in [4.69, 9.17) is 10.5 Å². The van der Waals surface area contributed by atoms with Crippen molar-refractivity contribution >= 4 is 38.3 Å². The first-order valence-corrected chi connectivity index (χ1v) is 7.09. The predicted octanol–water partition coefficient (Wildman–Crippen LogP) is 3.14. The van der Waals surface area contributed by atoms with E-state index in [1.54, 1.807) is 37.4 Å². The fourth-order valence-corrected chi connectivity index (χ4v) is 2.80. The number of thiazole rings is 1. The SMILES string of the molecule is COc1ccccc1NC(=O)c1ccc2nc(N)sc2c1. The number of methoxy groups -OCH3 is 1. The Morgan fingerprint density at radius 1 is 1.29 bits per heavy atom.